The average Bonchev–Trinajstić information content (AvgIpc) is 2.68. The van der Waals surface area contributed by atoms with Gasteiger partial charge in [0.25, 0.3) is 0 Å². The number of hydrogen-bond acceptors (Lipinski definition) is 3. The first-order chi connectivity index (χ1) is 8.08. The molecule has 2 unspecified atom stereocenters. The average molecular weight is 234 g/mol. The van der Waals surface area contributed by atoms with Gasteiger partial charge in [0.1, 0.15) is 0 Å². The Labute approximate surface area is 103 Å². The predicted octanol–water partition coefficient (Wildman–Crippen LogP) is 1.96. The van der Waals surface area contributed by atoms with Gasteiger partial charge in [0.2, 0.25) is 0 Å². The van der Waals surface area contributed by atoms with Crippen LogP contribution in [0.5, 0.6) is 0 Å². The maximum Gasteiger partial charge on any atom is 0.0524 e. The van der Waals surface area contributed by atoms with Crippen molar-refractivity contribution in [1.29, 1.82) is 0 Å². The first-order valence-corrected chi connectivity index (χ1v) is 6.34. The Kier molecular flexibility index (Phi) is 3.69. The Bertz CT molecular complexity index is 390. The van der Waals surface area contributed by atoms with Crippen molar-refractivity contribution in [2.45, 2.75) is 38.3 Å². The molecule has 94 valence electrons. The molecule has 0 aromatic heterocycles. The van der Waals surface area contributed by atoms with Crippen LogP contribution in [0.25, 0.3) is 0 Å². The zero-order chi connectivity index (χ0) is 12.4. The second-order valence-electron chi connectivity index (χ2n) is 5.13. The van der Waals surface area contributed by atoms with E-state index in [1.165, 1.54) is 11.1 Å². The molecule has 3 nitrogen and oxygen atoms in total. The molecule has 1 aliphatic carbocycles. The van der Waals surface area contributed by atoms with Gasteiger partial charge in [-0.1, -0.05) is 6.07 Å². The molecule has 0 amide bonds. The Balaban J connectivity index is 2.06. The Hall–Kier alpha value is -1.06. The summed E-state index contributed by atoms with van der Waals surface area (Å²) in [5, 5.41) is 9.33. The van der Waals surface area contributed by atoms with Gasteiger partial charge in [0.05, 0.1) is 6.10 Å². The van der Waals surface area contributed by atoms with Crippen molar-refractivity contribution < 1.29 is 5.11 Å². The molecule has 0 heterocycles. The second-order valence-corrected chi connectivity index (χ2v) is 5.13. The van der Waals surface area contributed by atoms with Gasteiger partial charge in [-0.25, -0.2) is 0 Å². The number of nitrogens with two attached hydrogens (primary N) is 1. The topological polar surface area (TPSA) is 49.5 Å². The van der Waals surface area contributed by atoms with Crippen LogP contribution in [0.3, 0.4) is 0 Å². The molecule has 2 rings (SSSR count). The smallest absolute Gasteiger partial charge is 0.0524 e. The molecule has 0 saturated heterocycles. The molecular formula is C14H22N2O. The zero-order valence-electron chi connectivity index (χ0n) is 10.7. The fourth-order valence-electron chi connectivity index (χ4n) is 2.62. The van der Waals surface area contributed by atoms with Crippen LogP contribution < -0.4 is 5.73 Å². The number of aryl methyl sites for hydroxylation is 1. The van der Waals surface area contributed by atoms with Gasteiger partial charge in [0, 0.05) is 18.3 Å². The summed E-state index contributed by atoms with van der Waals surface area (Å²) in [6.45, 7) is 2.78. The quantitative estimate of drug-likeness (QED) is 0.783. The first-order valence-electron chi connectivity index (χ1n) is 6.34. The summed E-state index contributed by atoms with van der Waals surface area (Å²) >= 11 is 0. The van der Waals surface area contributed by atoms with Gasteiger partial charge in [-0.2, -0.15) is 0 Å². The van der Waals surface area contributed by atoms with Gasteiger partial charge in [-0.15, -0.1) is 0 Å². The Morgan fingerprint density at radius 2 is 2.29 bits per heavy atom. The highest BCUT2D eigenvalue weighted by molar-refractivity contribution is 5.47. The third-order valence-corrected chi connectivity index (χ3v) is 3.64. The number of fused-ring (bicyclic) bond motifs is 1. The van der Waals surface area contributed by atoms with Crippen molar-refractivity contribution in [3.8, 4) is 0 Å². The zero-order valence-corrected chi connectivity index (χ0v) is 10.7. The number of aliphatic hydroxyl groups excluding tert-OH is 1. The van der Waals surface area contributed by atoms with Gasteiger partial charge in [-0.3, -0.25) is 4.90 Å². The minimum Gasteiger partial charge on any atom is -0.399 e. The van der Waals surface area contributed by atoms with E-state index in [4.69, 9.17) is 5.73 Å². The maximum absolute atomic E-state index is 9.33. The van der Waals surface area contributed by atoms with Crippen molar-refractivity contribution in [3.63, 3.8) is 0 Å². The molecule has 17 heavy (non-hydrogen) atoms. The summed E-state index contributed by atoms with van der Waals surface area (Å²) in [6.07, 6.45) is 2.89. The van der Waals surface area contributed by atoms with Crippen LogP contribution in [0.15, 0.2) is 18.2 Å². The van der Waals surface area contributed by atoms with Crippen molar-refractivity contribution >= 4 is 5.69 Å². The van der Waals surface area contributed by atoms with Crippen LogP contribution in [0.2, 0.25) is 0 Å². The molecule has 3 N–H and O–H groups in total. The number of nitrogen functional groups attached to an aromatic ring is 1. The molecule has 1 aromatic carbocycles. The molecule has 3 heteroatoms. The molecule has 2 atom stereocenters. The lowest BCUT2D eigenvalue weighted by Crippen LogP contribution is -2.26. The SMILES string of the molecule is CC(O)CCN(C)C1CCc2cc(N)ccc21. The van der Waals surface area contributed by atoms with Crippen LogP contribution in [-0.4, -0.2) is 29.7 Å². The summed E-state index contributed by atoms with van der Waals surface area (Å²) in [5.41, 5.74) is 9.46. The van der Waals surface area contributed by atoms with Gasteiger partial charge < -0.3 is 10.8 Å². The Morgan fingerprint density at radius 1 is 1.53 bits per heavy atom. The minimum atomic E-state index is -0.218. The van der Waals surface area contributed by atoms with Crippen LogP contribution in [-0.2, 0) is 6.42 Å². The third-order valence-electron chi connectivity index (χ3n) is 3.64. The van der Waals surface area contributed by atoms with Crippen LogP contribution in [0.1, 0.15) is 36.9 Å². The van der Waals surface area contributed by atoms with Gasteiger partial charge in [-0.05, 0) is 56.5 Å². The molecule has 0 bridgehead atoms. The number of hydrogen-bond donors (Lipinski definition) is 2. The Morgan fingerprint density at radius 3 is 3.00 bits per heavy atom. The van der Waals surface area contributed by atoms with E-state index in [2.05, 4.69) is 24.1 Å². The van der Waals surface area contributed by atoms with E-state index in [1.54, 1.807) is 0 Å². The van der Waals surface area contributed by atoms with E-state index in [-0.39, 0.29) is 6.10 Å². The standard InChI is InChI=1S/C14H22N2O/c1-10(17)7-8-16(2)14-6-3-11-9-12(15)4-5-13(11)14/h4-5,9-10,14,17H,3,6-8,15H2,1-2H3. The predicted molar refractivity (Wildman–Crippen MR) is 70.8 cm³/mol. The number of benzene rings is 1. The van der Waals surface area contributed by atoms with Crippen molar-refractivity contribution in [3.05, 3.63) is 29.3 Å². The lowest BCUT2D eigenvalue weighted by Gasteiger charge is -2.25. The number of nitrogens with zero attached hydrogens (tertiary/aromatic N) is 1. The third kappa shape index (κ3) is 2.79. The van der Waals surface area contributed by atoms with Gasteiger partial charge in [0.15, 0.2) is 0 Å². The minimum absolute atomic E-state index is 0.218. The van der Waals surface area contributed by atoms with E-state index in [0.29, 0.717) is 6.04 Å². The highest BCUT2D eigenvalue weighted by Gasteiger charge is 2.25. The van der Waals surface area contributed by atoms with E-state index >= 15 is 0 Å². The second kappa shape index (κ2) is 5.07. The summed E-state index contributed by atoms with van der Waals surface area (Å²) in [6, 6.07) is 6.72. The highest BCUT2D eigenvalue weighted by Crippen LogP contribution is 2.35. The number of aliphatic hydroxyl groups is 1. The van der Waals surface area contributed by atoms with E-state index in [0.717, 1.165) is 31.5 Å². The highest BCUT2D eigenvalue weighted by atomic mass is 16.3. The van der Waals surface area contributed by atoms with E-state index in [9.17, 15) is 5.11 Å². The number of anilines is 1. The summed E-state index contributed by atoms with van der Waals surface area (Å²) in [4.78, 5) is 2.34. The normalized spacial score (nSPS) is 20.6. The van der Waals surface area contributed by atoms with Crippen molar-refractivity contribution in [2.75, 3.05) is 19.3 Å². The van der Waals surface area contributed by atoms with Gasteiger partial charge >= 0.3 is 0 Å². The molecule has 1 aromatic rings. The molecule has 0 fully saturated rings. The molecular weight excluding hydrogens is 212 g/mol. The van der Waals surface area contributed by atoms with Crippen LogP contribution in [0.4, 0.5) is 5.69 Å². The first kappa shape index (κ1) is 12.4. The van der Waals surface area contributed by atoms with E-state index < -0.39 is 0 Å². The molecule has 0 saturated carbocycles. The maximum atomic E-state index is 9.33. The summed E-state index contributed by atoms with van der Waals surface area (Å²) in [5.74, 6) is 0. The molecule has 0 spiro atoms. The number of rotatable bonds is 4. The summed E-state index contributed by atoms with van der Waals surface area (Å²) < 4.78 is 0. The fraction of sp³-hybridized carbons (Fsp3) is 0.571. The van der Waals surface area contributed by atoms with Crippen molar-refractivity contribution in [1.82, 2.24) is 4.90 Å². The van der Waals surface area contributed by atoms with Crippen LogP contribution in [0, 0.1) is 0 Å². The van der Waals surface area contributed by atoms with E-state index in [1.807, 2.05) is 13.0 Å². The lowest BCUT2D eigenvalue weighted by atomic mass is 10.1. The monoisotopic (exact) mass is 234 g/mol. The fourth-order valence-corrected chi connectivity index (χ4v) is 2.62. The molecule has 1 aliphatic rings. The summed E-state index contributed by atoms with van der Waals surface area (Å²) in [7, 11) is 2.14. The molecule has 0 radical (unpaired) electrons. The molecule has 0 aliphatic heterocycles. The lowest BCUT2D eigenvalue weighted by molar-refractivity contribution is 0.149. The largest absolute Gasteiger partial charge is 0.399 e. The van der Waals surface area contributed by atoms with Crippen molar-refractivity contribution in [2.24, 2.45) is 0 Å². The van der Waals surface area contributed by atoms with Crippen LogP contribution >= 0.6 is 0 Å².